The first kappa shape index (κ1) is 16.2. The third-order valence-corrected chi connectivity index (χ3v) is 5.41. The first-order chi connectivity index (χ1) is 12.2. The number of hydrogen-bond donors (Lipinski definition) is 1. The largest absolute Gasteiger partial charge is 0.321 e. The third kappa shape index (κ3) is 3.56. The molecule has 1 N–H and O–H groups in total. The summed E-state index contributed by atoms with van der Waals surface area (Å²) in [5.41, 5.74) is 4.75. The standard InChI is InChI=1S/C20H24N4O/c1-14-12-22-19(13-21-14)20(25)23-17-6-5-15-7-9-24(18-3-2-4-18)10-8-16(15)11-17/h5-6,11-13,18H,2-4,7-10H2,1H3,(H,23,25). The number of carbonyl (C=O) groups excluding carboxylic acids is 1. The molecule has 130 valence electrons. The van der Waals surface area contributed by atoms with Gasteiger partial charge in [-0.1, -0.05) is 12.5 Å². The number of rotatable bonds is 3. The number of nitrogens with one attached hydrogen (secondary N) is 1. The van der Waals surface area contributed by atoms with Crippen LogP contribution in [-0.4, -0.2) is 39.9 Å². The second-order valence-corrected chi connectivity index (χ2v) is 7.10. The molecule has 0 radical (unpaired) electrons. The minimum absolute atomic E-state index is 0.211. The van der Waals surface area contributed by atoms with Gasteiger partial charge >= 0.3 is 0 Å². The molecule has 1 aliphatic carbocycles. The molecule has 2 aliphatic rings. The maximum absolute atomic E-state index is 12.3. The predicted octanol–water partition coefficient (Wildman–Crippen LogP) is 2.99. The first-order valence-electron chi connectivity index (χ1n) is 9.15. The molecule has 1 aromatic carbocycles. The smallest absolute Gasteiger partial charge is 0.275 e. The molecule has 2 heterocycles. The van der Waals surface area contributed by atoms with Gasteiger partial charge in [0.15, 0.2) is 0 Å². The summed E-state index contributed by atoms with van der Waals surface area (Å²) >= 11 is 0. The second kappa shape index (κ2) is 6.92. The maximum Gasteiger partial charge on any atom is 0.275 e. The lowest BCUT2D eigenvalue weighted by Crippen LogP contribution is -2.41. The van der Waals surface area contributed by atoms with Gasteiger partial charge in [0.05, 0.1) is 11.9 Å². The maximum atomic E-state index is 12.3. The normalized spacial score (nSPS) is 18.1. The summed E-state index contributed by atoms with van der Waals surface area (Å²) in [6.45, 7) is 4.13. The Morgan fingerprint density at radius 2 is 1.92 bits per heavy atom. The number of fused-ring (bicyclic) bond motifs is 1. The quantitative estimate of drug-likeness (QED) is 0.936. The number of aryl methyl sites for hydroxylation is 1. The number of amides is 1. The summed E-state index contributed by atoms with van der Waals surface area (Å²) in [5, 5.41) is 2.95. The molecule has 0 saturated heterocycles. The van der Waals surface area contributed by atoms with Gasteiger partial charge in [0.1, 0.15) is 5.69 Å². The van der Waals surface area contributed by atoms with Crippen LogP contribution in [0.5, 0.6) is 0 Å². The van der Waals surface area contributed by atoms with Gasteiger partial charge in [-0.15, -0.1) is 0 Å². The van der Waals surface area contributed by atoms with Crippen molar-refractivity contribution in [1.82, 2.24) is 14.9 Å². The van der Waals surface area contributed by atoms with E-state index in [-0.39, 0.29) is 5.91 Å². The van der Waals surface area contributed by atoms with Crippen LogP contribution in [-0.2, 0) is 12.8 Å². The molecule has 4 rings (SSSR count). The summed E-state index contributed by atoms with van der Waals surface area (Å²) < 4.78 is 0. The van der Waals surface area contributed by atoms with Crippen molar-refractivity contribution in [2.75, 3.05) is 18.4 Å². The Hall–Kier alpha value is -2.27. The molecule has 1 fully saturated rings. The van der Waals surface area contributed by atoms with Crippen LogP contribution in [0.2, 0.25) is 0 Å². The molecule has 1 aliphatic heterocycles. The van der Waals surface area contributed by atoms with E-state index in [1.54, 1.807) is 6.20 Å². The zero-order valence-electron chi connectivity index (χ0n) is 14.7. The van der Waals surface area contributed by atoms with Crippen LogP contribution >= 0.6 is 0 Å². The van der Waals surface area contributed by atoms with E-state index in [4.69, 9.17) is 0 Å². The summed E-state index contributed by atoms with van der Waals surface area (Å²) in [6, 6.07) is 7.08. The lowest BCUT2D eigenvalue weighted by Gasteiger charge is -2.36. The fourth-order valence-electron chi connectivity index (χ4n) is 3.64. The molecule has 1 aromatic heterocycles. The van der Waals surface area contributed by atoms with Crippen molar-refractivity contribution in [3.05, 3.63) is 53.1 Å². The SMILES string of the molecule is Cc1cnc(C(=O)Nc2ccc3c(c2)CCN(C2CCC2)CC3)cn1. The summed E-state index contributed by atoms with van der Waals surface area (Å²) in [7, 11) is 0. The van der Waals surface area contributed by atoms with E-state index in [0.717, 1.165) is 43.4 Å². The molecular formula is C20H24N4O. The number of aromatic nitrogens is 2. The van der Waals surface area contributed by atoms with E-state index < -0.39 is 0 Å². The minimum atomic E-state index is -0.211. The second-order valence-electron chi connectivity index (χ2n) is 7.10. The molecule has 1 saturated carbocycles. The predicted molar refractivity (Wildman–Crippen MR) is 97.8 cm³/mol. The topological polar surface area (TPSA) is 58.1 Å². The van der Waals surface area contributed by atoms with Crippen molar-refractivity contribution in [2.45, 2.75) is 45.1 Å². The Morgan fingerprint density at radius 1 is 1.12 bits per heavy atom. The molecule has 5 heteroatoms. The highest BCUT2D eigenvalue weighted by molar-refractivity contribution is 6.02. The Balaban J connectivity index is 1.45. The van der Waals surface area contributed by atoms with Crippen molar-refractivity contribution in [3.8, 4) is 0 Å². The lowest BCUT2D eigenvalue weighted by atomic mass is 9.91. The van der Waals surface area contributed by atoms with Crippen molar-refractivity contribution < 1.29 is 4.79 Å². The average Bonchev–Trinajstić information content (AvgIpc) is 2.77. The van der Waals surface area contributed by atoms with Gasteiger partial charge in [0.25, 0.3) is 5.91 Å². The molecular weight excluding hydrogens is 312 g/mol. The van der Waals surface area contributed by atoms with Crippen LogP contribution in [0.25, 0.3) is 0 Å². The molecule has 0 bridgehead atoms. The molecule has 0 unspecified atom stereocenters. The molecule has 1 amide bonds. The fourth-order valence-corrected chi connectivity index (χ4v) is 3.64. The van der Waals surface area contributed by atoms with Crippen LogP contribution in [0, 0.1) is 6.92 Å². The van der Waals surface area contributed by atoms with E-state index in [1.165, 1.54) is 36.6 Å². The van der Waals surface area contributed by atoms with Crippen LogP contribution in [0.3, 0.4) is 0 Å². The molecule has 0 spiro atoms. The van der Waals surface area contributed by atoms with E-state index in [2.05, 4.69) is 32.3 Å². The van der Waals surface area contributed by atoms with Crippen molar-refractivity contribution in [2.24, 2.45) is 0 Å². The van der Waals surface area contributed by atoms with Gasteiger partial charge in [0, 0.05) is 31.0 Å². The van der Waals surface area contributed by atoms with E-state index in [1.807, 2.05) is 13.0 Å². The molecule has 2 aromatic rings. The lowest BCUT2D eigenvalue weighted by molar-refractivity contribution is 0.102. The average molecular weight is 336 g/mol. The summed E-state index contributed by atoms with van der Waals surface area (Å²) in [6.07, 6.45) is 9.38. The van der Waals surface area contributed by atoms with Gasteiger partial charge < -0.3 is 5.32 Å². The summed E-state index contributed by atoms with van der Waals surface area (Å²) in [4.78, 5) is 23.2. The number of hydrogen-bond acceptors (Lipinski definition) is 4. The Morgan fingerprint density at radius 3 is 2.60 bits per heavy atom. The first-order valence-corrected chi connectivity index (χ1v) is 9.15. The van der Waals surface area contributed by atoms with Gasteiger partial charge in [0.2, 0.25) is 0 Å². The number of nitrogens with zero attached hydrogens (tertiary/aromatic N) is 3. The summed E-state index contributed by atoms with van der Waals surface area (Å²) in [5.74, 6) is -0.211. The highest BCUT2D eigenvalue weighted by atomic mass is 16.1. The number of carbonyl (C=O) groups is 1. The van der Waals surface area contributed by atoms with Crippen LogP contribution in [0.4, 0.5) is 5.69 Å². The molecule has 25 heavy (non-hydrogen) atoms. The van der Waals surface area contributed by atoms with Gasteiger partial charge in [-0.25, -0.2) is 4.98 Å². The monoisotopic (exact) mass is 336 g/mol. The van der Waals surface area contributed by atoms with Gasteiger partial charge in [-0.3, -0.25) is 14.7 Å². The Kier molecular flexibility index (Phi) is 4.49. The van der Waals surface area contributed by atoms with Crippen LogP contribution in [0.15, 0.2) is 30.6 Å². The highest BCUT2D eigenvalue weighted by Crippen LogP contribution is 2.28. The van der Waals surface area contributed by atoms with Gasteiger partial charge in [-0.05, 0) is 55.9 Å². The van der Waals surface area contributed by atoms with Crippen molar-refractivity contribution in [1.29, 1.82) is 0 Å². The minimum Gasteiger partial charge on any atom is -0.321 e. The molecule has 5 nitrogen and oxygen atoms in total. The van der Waals surface area contributed by atoms with E-state index in [9.17, 15) is 4.79 Å². The van der Waals surface area contributed by atoms with Crippen LogP contribution < -0.4 is 5.32 Å². The van der Waals surface area contributed by atoms with E-state index >= 15 is 0 Å². The number of benzene rings is 1. The highest BCUT2D eigenvalue weighted by Gasteiger charge is 2.26. The van der Waals surface area contributed by atoms with Gasteiger partial charge in [-0.2, -0.15) is 0 Å². The zero-order chi connectivity index (χ0) is 17.2. The number of anilines is 1. The van der Waals surface area contributed by atoms with Crippen LogP contribution in [0.1, 0.15) is 46.6 Å². The van der Waals surface area contributed by atoms with E-state index in [0.29, 0.717) is 5.69 Å². The Bertz CT molecular complexity index is 768. The zero-order valence-corrected chi connectivity index (χ0v) is 14.7. The Labute approximate surface area is 148 Å². The fraction of sp³-hybridized carbons (Fsp3) is 0.450. The third-order valence-electron chi connectivity index (χ3n) is 5.41. The molecule has 0 atom stereocenters. The van der Waals surface area contributed by atoms with Crippen molar-refractivity contribution >= 4 is 11.6 Å². The van der Waals surface area contributed by atoms with Crippen molar-refractivity contribution in [3.63, 3.8) is 0 Å².